The fraction of sp³-hybridized carbons (Fsp3) is 0.500. The number of rotatable bonds is 4. The van der Waals surface area contributed by atoms with Crippen LogP contribution in [0.4, 0.5) is 5.69 Å². The maximum absolute atomic E-state index is 12.0. The summed E-state index contributed by atoms with van der Waals surface area (Å²) in [5, 5.41) is 3.06. The van der Waals surface area contributed by atoms with E-state index in [1.807, 2.05) is 19.1 Å². The van der Waals surface area contributed by atoms with Gasteiger partial charge in [0.25, 0.3) is 5.91 Å². The number of nitrogens with one attached hydrogen (secondary N) is 1. The quantitative estimate of drug-likeness (QED) is 0.784. The molecule has 2 rings (SSSR count). The number of aryl methyl sites for hydroxylation is 1. The standard InChI is InChI=1S/C14H20N2O/c1-3-4-10-8-13(10)16-14(17)11-5-9(2)6-12(15)7-11/h5-7,10,13H,3-4,8,15H2,1-2H3,(H,16,17). The van der Waals surface area contributed by atoms with E-state index < -0.39 is 0 Å². The number of hydrogen-bond donors (Lipinski definition) is 2. The summed E-state index contributed by atoms with van der Waals surface area (Å²) in [5.41, 5.74) is 8.08. The molecule has 0 saturated heterocycles. The molecule has 2 atom stereocenters. The fourth-order valence-electron chi connectivity index (χ4n) is 2.31. The molecule has 1 aromatic rings. The second-order valence-electron chi connectivity index (χ2n) is 5.00. The minimum atomic E-state index is 0.00371. The molecule has 1 saturated carbocycles. The van der Waals surface area contributed by atoms with E-state index in [1.54, 1.807) is 6.07 Å². The van der Waals surface area contributed by atoms with E-state index in [2.05, 4.69) is 12.2 Å². The van der Waals surface area contributed by atoms with Crippen LogP contribution in [-0.4, -0.2) is 11.9 Å². The molecule has 3 heteroatoms. The second kappa shape index (κ2) is 4.78. The van der Waals surface area contributed by atoms with Gasteiger partial charge in [-0.1, -0.05) is 13.3 Å². The van der Waals surface area contributed by atoms with Crippen LogP contribution in [-0.2, 0) is 0 Å². The predicted octanol–water partition coefficient (Wildman–Crippen LogP) is 2.50. The van der Waals surface area contributed by atoms with Crippen molar-refractivity contribution in [3.63, 3.8) is 0 Å². The van der Waals surface area contributed by atoms with E-state index in [0.29, 0.717) is 23.2 Å². The minimum absolute atomic E-state index is 0.00371. The van der Waals surface area contributed by atoms with Gasteiger partial charge in [0.15, 0.2) is 0 Å². The van der Waals surface area contributed by atoms with Crippen molar-refractivity contribution in [1.82, 2.24) is 5.32 Å². The fourth-order valence-corrected chi connectivity index (χ4v) is 2.31. The molecular weight excluding hydrogens is 212 g/mol. The summed E-state index contributed by atoms with van der Waals surface area (Å²) in [5.74, 6) is 0.690. The highest BCUT2D eigenvalue weighted by Crippen LogP contribution is 2.34. The molecule has 1 aliphatic carbocycles. The van der Waals surface area contributed by atoms with Gasteiger partial charge in [-0.15, -0.1) is 0 Å². The topological polar surface area (TPSA) is 55.1 Å². The van der Waals surface area contributed by atoms with Crippen molar-refractivity contribution in [3.05, 3.63) is 29.3 Å². The lowest BCUT2D eigenvalue weighted by molar-refractivity contribution is 0.0949. The molecule has 0 spiro atoms. The van der Waals surface area contributed by atoms with E-state index in [0.717, 1.165) is 12.0 Å². The van der Waals surface area contributed by atoms with Crippen molar-refractivity contribution >= 4 is 11.6 Å². The zero-order valence-corrected chi connectivity index (χ0v) is 10.5. The average Bonchev–Trinajstić information content (AvgIpc) is 2.95. The molecule has 3 N–H and O–H groups in total. The Morgan fingerprint density at radius 2 is 2.24 bits per heavy atom. The van der Waals surface area contributed by atoms with Crippen molar-refractivity contribution in [3.8, 4) is 0 Å². The molecule has 0 bridgehead atoms. The van der Waals surface area contributed by atoms with Crippen molar-refractivity contribution < 1.29 is 4.79 Å². The second-order valence-corrected chi connectivity index (χ2v) is 5.00. The Labute approximate surface area is 102 Å². The highest BCUT2D eigenvalue weighted by Gasteiger charge is 2.37. The number of benzene rings is 1. The molecule has 1 fully saturated rings. The number of nitrogens with two attached hydrogens (primary N) is 1. The van der Waals surface area contributed by atoms with Crippen LogP contribution in [0.3, 0.4) is 0 Å². The lowest BCUT2D eigenvalue weighted by Gasteiger charge is -2.06. The van der Waals surface area contributed by atoms with Crippen LogP contribution in [0.25, 0.3) is 0 Å². The molecule has 2 unspecified atom stereocenters. The molecule has 3 nitrogen and oxygen atoms in total. The van der Waals surface area contributed by atoms with E-state index in [1.165, 1.54) is 12.8 Å². The summed E-state index contributed by atoms with van der Waals surface area (Å²) < 4.78 is 0. The van der Waals surface area contributed by atoms with Gasteiger partial charge in [-0.05, 0) is 49.4 Å². The van der Waals surface area contributed by atoms with E-state index in [4.69, 9.17) is 5.73 Å². The van der Waals surface area contributed by atoms with Crippen molar-refractivity contribution in [2.75, 3.05) is 5.73 Å². The first-order chi connectivity index (χ1) is 8.10. The van der Waals surface area contributed by atoms with Crippen LogP contribution in [0.2, 0.25) is 0 Å². The molecule has 0 radical (unpaired) electrons. The van der Waals surface area contributed by atoms with Crippen LogP contribution in [0.5, 0.6) is 0 Å². The number of nitrogen functional groups attached to an aromatic ring is 1. The van der Waals surface area contributed by atoms with Gasteiger partial charge in [0.05, 0.1) is 0 Å². The number of carbonyl (C=O) groups excluding carboxylic acids is 1. The van der Waals surface area contributed by atoms with Crippen molar-refractivity contribution in [2.24, 2.45) is 5.92 Å². The van der Waals surface area contributed by atoms with Crippen molar-refractivity contribution in [2.45, 2.75) is 39.2 Å². The Kier molecular flexibility index (Phi) is 3.36. The molecular formula is C14H20N2O. The molecule has 17 heavy (non-hydrogen) atoms. The van der Waals surface area contributed by atoms with E-state index in [9.17, 15) is 4.79 Å². The number of carbonyl (C=O) groups is 1. The Balaban J connectivity index is 1.96. The first-order valence-electron chi connectivity index (χ1n) is 6.28. The average molecular weight is 232 g/mol. The number of hydrogen-bond acceptors (Lipinski definition) is 2. The van der Waals surface area contributed by atoms with Gasteiger partial charge in [-0.2, -0.15) is 0 Å². The van der Waals surface area contributed by atoms with Gasteiger partial charge in [0.2, 0.25) is 0 Å². The van der Waals surface area contributed by atoms with E-state index in [-0.39, 0.29) is 5.91 Å². The smallest absolute Gasteiger partial charge is 0.251 e. The third-order valence-electron chi connectivity index (χ3n) is 3.26. The zero-order chi connectivity index (χ0) is 12.4. The molecule has 0 aliphatic heterocycles. The summed E-state index contributed by atoms with van der Waals surface area (Å²) >= 11 is 0. The third-order valence-corrected chi connectivity index (χ3v) is 3.26. The van der Waals surface area contributed by atoms with Gasteiger partial charge in [0.1, 0.15) is 0 Å². The van der Waals surface area contributed by atoms with Gasteiger partial charge >= 0.3 is 0 Å². The van der Waals surface area contributed by atoms with Crippen LogP contribution in [0.1, 0.15) is 42.1 Å². The normalized spacial score (nSPS) is 22.2. The third kappa shape index (κ3) is 2.99. The maximum Gasteiger partial charge on any atom is 0.251 e. The van der Waals surface area contributed by atoms with Crippen LogP contribution < -0.4 is 11.1 Å². The number of anilines is 1. The SMILES string of the molecule is CCCC1CC1NC(=O)c1cc(C)cc(N)c1. The Morgan fingerprint density at radius 1 is 1.47 bits per heavy atom. The van der Waals surface area contributed by atoms with Crippen LogP contribution >= 0.6 is 0 Å². The first kappa shape index (κ1) is 12.0. The monoisotopic (exact) mass is 232 g/mol. The molecule has 0 heterocycles. The highest BCUT2D eigenvalue weighted by atomic mass is 16.1. The summed E-state index contributed by atoms with van der Waals surface area (Å²) in [6, 6.07) is 5.86. The lowest BCUT2D eigenvalue weighted by Crippen LogP contribution is -2.27. The van der Waals surface area contributed by atoms with Gasteiger partial charge in [0, 0.05) is 17.3 Å². The lowest BCUT2D eigenvalue weighted by atomic mass is 10.1. The van der Waals surface area contributed by atoms with Gasteiger partial charge in [-0.3, -0.25) is 4.79 Å². The Hall–Kier alpha value is -1.51. The summed E-state index contributed by atoms with van der Waals surface area (Å²) in [6.07, 6.45) is 3.52. The molecule has 1 aromatic carbocycles. The van der Waals surface area contributed by atoms with Gasteiger partial charge in [-0.25, -0.2) is 0 Å². The summed E-state index contributed by atoms with van der Waals surface area (Å²) in [6.45, 7) is 4.13. The summed E-state index contributed by atoms with van der Waals surface area (Å²) in [4.78, 5) is 12.0. The minimum Gasteiger partial charge on any atom is -0.399 e. The van der Waals surface area contributed by atoms with Crippen LogP contribution in [0, 0.1) is 12.8 Å². The van der Waals surface area contributed by atoms with Crippen LogP contribution in [0.15, 0.2) is 18.2 Å². The molecule has 1 amide bonds. The molecule has 1 aliphatic rings. The summed E-state index contributed by atoms with van der Waals surface area (Å²) in [7, 11) is 0. The predicted molar refractivity (Wildman–Crippen MR) is 69.9 cm³/mol. The first-order valence-corrected chi connectivity index (χ1v) is 6.28. The Bertz CT molecular complexity index is 408. The number of amides is 1. The van der Waals surface area contributed by atoms with Gasteiger partial charge < -0.3 is 11.1 Å². The zero-order valence-electron chi connectivity index (χ0n) is 10.5. The van der Waals surface area contributed by atoms with Crippen molar-refractivity contribution in [1.29, 1.82) is 0 Å². The Morgan fingerprint density at radius 3 is 2.88 bits per heavy atom. The van der Waals surface area contributed by atoms with E-state index >= 15 is 0 Å². The highest BCUT2D eigenvalue weighted by molar-refractivity contribution is 5.95. The largest absolute Gasteiger partial charge is 0.399 e. The maximum atomic E-state index is 12.0. The molecule has 92 valence electrons. The molecule has 0 aromatic heterocycles.